The lowest BCUT2D eigenvalue weighted by Gasteiger charge is -2.18. The molecule has 3 rings (SSSR count). The van der Waals surface area contributed by atoms with E-state index in [1.165, 1.54) is 17.4 Å². The van der Waals surface area contributed by atoms with Crippen molar-refractivity contribution in [2.75, 3.05) is 10.6 Å². The molecule has 6 heteroatoms. The Morgan fingerprint density at radius 2 is 2.30 bits per heavy atom. The maximum atomic E-state index is 14.0. The first-order valence-electron chi connectivity index (χ1n) is 6.38. The fraction of sp³-hybridized carbons (Fsp3) is 0.286. The molecule has 4 nitrogen and oxygen atoms in total. The van der Waals surface area contributed by atoms with E-state index in [1.807, 2.05) is 6.92 Å². The molecule has 2 heterocycles. The standard InChI is InChI=1S/C14H14FN3OS/c1-8-13(20-7-17-8)6-16-12-5-11-9(4-10(12)15)2-3-14(19)18-11/h4-5,7,16H,2-3,6H2,1H3,(H,18,19). The summed E-state index contributed by atoms with van der Waals surface area (Å²) in [5.74, 6) is -0.310. The number of halogens is 1. The van der Waals surface area contributed by atoms with Gasteiger partial charge in [0.15, 0.2) is 0 Å². The van der Waals surface area contributed by atoms with Gasteiger partial charge in [0.25, 0.3) is 0 Å². The van der Waals surface area contributed by atoms with E-state index in [2.05, 4.69) is 15.6 Å². The van der Waals surface area contributed by atoms with E-state index in [9.17, 15) is 9.18 Å². The van der Waals surface area contributed by atoms with Gasteiger partial charge in [-0.3, -0.25) is 4.79 Å². The van der Waals surface area contributed by atoms with Gasteiger partial charge in [-0.2, -0.15) is 0 Å². The molecule has 2 N–H and O–H groups in total. The lowest BCUT2D eigenvalue weighted by Crippen LogP contribution is -2.19. The number of nitrogens with one attached hydrogen (secondary N) is 2. The Hall–Kier alpha value is -1.95. The van der Waals surface area contributed by atoms with Crippen LogP contribution >= 0.6 is 11.3 Å². The van der Waals surface area contributed by atoms with E-state index in [1.54, 1.807) is 11.6 Å². The minimum Gasteiger partial charge on any atom is -0.378 e. The van der Waals surface area contributed by atoms with Crippen molar-refractivity contribution in [3.8, 4) is 0 Å². The number of amides is 1. The first-order valence-corrected chi connectivity index (χ1v) is 7.26. The van der Waals surface area contributed by atoms with Crippen molar-refractivity contribution < 1.29 is 9.18 Å². The fourth-order valence-electron chi connectivity index (χ4n) is 2.21. The lowest BCUT2D eigenvalue weighted by atomic mass is 10.0. The summed E-state index contributed by atoms with van der Waals surface area (Å²) < 4.78 is 14.0. The number of rotatable bonds is 3. The van der Waals surface area contributed by atoms with Crippen molar-refractivity contribution in [3.05, 3.63) is 39.6 Å². The van der Waals surface area contributed by atoms with Gasteiger partial charge in [0, 0.05) is 17.0 Å². The van der Waals surface area contributed by atoms with E-state index < -0.39 is 0 Å². The summed E-state index contributed by atoms with van der Waals surface area (Å²) in [6.07, 6.45) is 1.01. The zero-order chi connectivity index (χ0) is 14.1. The quantitative estimate of drug-likeness (QED) is 0.913. The van der Waals surface area contributed by atoms with Crippen molar-refractivity contribution in [1.29, 1.82) is 0 Å². The van der Waals surface area contributed by atoms with Gasteiger partial charge in [0.2, 0.25) is 5.91 Å². The minimum atomic E-state index is -0.290. The molecular weight excluding hydrogens is 277 g/mol. The Kier molecular flexibility index (Phi) is 3.40. The molecule has 0 fully saturated rings. The SMILES string of the molecule is Cc1ncsc1CNc1cc2c(cc1F)CCC(=O)N2. The zero-order valence-electron chi connectivity index (χ0n) is 11.0. The number of carbonyl (C=O) groups excluding carboxylic acids is 1. The molecule has 1 amide bonds. The highest BCUT2D eigenvalue weighted by atomic mass is 32.1. The topological polar surface area (TPSA) is 54.0 Å². The van der Waals surface area contributed by atoms with Crippen LogP contribution in [0.4, 0.5) is 15.8 Å². The van der Waals surface area contributed by atoms with Gasteiger partial charge in [-0.1, -0.05) is 0 Å². The van der Waals surface area contributed by atoms with Crippen molar-refractivity contribution in [3.63, 3.8) is 0 Å². The maximum Gasteiger partial charge on any atom is 0.224 e. The number of benzene rings is 1. The highest BCUT2D eigenvalue weighted by Gasteiger charge is 2.17. The van der Waals surface area contributed by atoms with Crippen molar-refractivity contribution in [2.45, 2.75) is 26.3 Å². The lowest BCUT2D eigenvalue weighted by molar-refractivity contribution is -0.116. The summed E-state index contributed by atoms with van der Waals surface area (Å²) in [4.78, 5) is 16.6. The molecule has 104 valence electrons. The van der Waals surface area contributed by atoms with Crippen molar-refractivity contribution >= 4 is 28.6 Å². The van der Waals surface area contributed by atoms with Crippen LogP contribution in [0.1, 0.15) is 22.6 Å². The molecule has 2 aromatic rings. The number of aromatic nitrogens is 1. The Labute approximate surface area is 120 Å². The number of nitrogens with zero attached hydrogens (tertiary/aromatic N) is 1. The monoisotopic (exact) mass is 291 g/mol. The number of anilines is 2. The van der Waals surface area contributed by atoms with Crippen molar-refractivity contribution in [1.82, 2.24) is 4.98 Å². The van der Waals surface area contributed by atoms with Crippen LogP contribution in [0.3, 0.4) is 0 Å². The summed E-state index contributed by atoms with van der Waals surface area (Å²) in [6, 6.07) is 3.16. The maximum absolute atomic E-state index is 14.0. The van der Waals surface area contributed by atoms with Crippen LogP contribution in [-0.4, -0.2) is 10.9 Å². The normalized spacial score (nSPS) is 13.8. The summed E-state index contributed by atoms with van der Waals surface area (Å²) in [6.45, 7) is 2.46. The van der Waals surface area contributed by atoms with E-state index >= 15 is 0 Å². The second-order valence-corrected chi connectivity index (χ2v) is 5.69. The molecule has 0 atom stereocenters. The Balaban J connectivity index is 1.81. The van der Waals surface area contributed by atoms with Crippen LogP contribution < -0.4 is 10.6 Å². The highest BCUT2D eigenvalue weighted by Crippen LogP contribution is 2.29. The van der Waals surface area contributed by atoms with Crippen molar-refractivity contribution in [2.24, 2.45) is 0 Å². The molecule has 1 aromatic heterocycles. The second kappa shape index (κ2) is 5.20. The van der Waals surface area contributed by atoms with E-state index in [0.29, 0.717) is 30.8 Å². The molecule has 0 radical (unpaired) electrons. The van der Waals surface area contributed by atoms with Crippen LogP contribution in [0.15, 0.2) is 17.6 Å². The smallest absolute Gasteiger partial charge is 0.224 e. The number of fused-ring (bicyclic) bond motifs is 1. The molecule has 1 aliphatic heterocycles. The molecule has 0 unspecified atom stereocenters. The number of hydrogen-bond donors (Lipinski definition) is 2. The van der Waals surface area contributed by atoms with Gasteiger partial charge in [0.1, 0.15) is 5.82 Å². The van der Waals surface area contributed by atoms with Crippen LogP contribution in [0.25, 0.3) is 0 Å². The molecule has 0 spiro atoms. The van der Waals surface area contributed by atoms with Gasteiger partial charge >= 0.3 is 0 Å². The van der Waals surface area contributed by atoms with Gasteiger partial charge in [0.05, 0.1) is 23.4 Å². The Morgan fingerprint density at radius 3 is 3.05 bits per heavy atom. The van der Waals surface area contributed by atoms with Crippen LogP contribution in [0.2, 0.25) is 0 Å². The number of aryl methyl sites for hydroxylation is 2. The minimum absolute atomic E-state index is 0.0200. The molecule has 0 aliphatic carbocycles. The zero-order valence-corrected chi connectivity index (χ0v) is 11.8. The number of thiazole rings is 1. The average molecular weight is 291 g/mol. The predicted octanol–water partition coefficient (Wildman–Crippen LogP) is 3.09. The Morgan fingerprint density at radius 1 is 1.45 bits per heavy atom. The summed E-state index contributed by atoms with van der Waals surface area (Å²) in [5, 5.41) is 5.84. The van der Waals surface area contributed by atoms with Crippen LogP contribution in [0, 0.1) is 12.7 Å². The van der Waals surface area contributed by atoms with E-state index in [4.69, 9.17) is 0 Å². The molecular formula is C14H14FN3OS. The highest BCUT2D eigenvalue weighted by molar-refractivity contribution is 7.09. The van der Waals surface area contributed by atoms with E-state index in [-0.39, 0.29) is 11.7 Å². The van der Waals surface area contributed by atoms with Crippen LogP contribution in [-0.2, 0) is 17.8 Å². The molecule has 0 saturated heterocycles. The predicted molar refractivity (Wildman–Crippen MR) is 77.5 cm³/mol. The van der Waals surface area contributed by atoms with Crippen LogP contribution in [0.5, 0.6) is 0 Å². The van der Waals surface area contributed by atoms with Gasteiger partial charge in [-0.15, -0.1) is 11.3 Å². The van der Waals surface area contributed by atoms with Gasteiger partial charge in [-0.25, -0.2) is 9.37 Å². The molecule has 1 aliphatic rings. The summed E-state index contributed by atoms with van der Waals surface area (Å²) in [5.41, 5.74) is 4.68. The first kappa shape index (κ1) is 13.1. The first-order chi connectivity index (χ1) is 9.63. The number of hydrogen-bond acceptors (Lipinski definition) is 4. The molecule has 0 bridgehead atoms. The number of carbonyl (C=O) groups is 1. The second-order valence-electron chi connectivity index (χ2n) is 4.75. The van der Waals surface area contributed by atoms with Gasteiger partial charge in [-0.05, 0) is 31.0 Å². The molecule has 0 saturated carbocycles. The fourth-order valence-corrected chi connectivity index (χ4v) is 2.92. The van der Waals surface area contributed by atoms with E-state index in [0.717, 1.165) is 16.1 Å². The average Bonchev–Trinajstić information content (AvgIpc) is 2.82. The third-order valence-corrected chi connectivity index (χ3v) is 4.31. The Bertz CT molecular complexity index is 668. The van der Waals surface area contributed by atoms with Gasteiger partial charge < -0.3 is 10.6 Å². The third-order valence-electron chi connectivity index (χ3n) is 3.37. The molecule has 20 heavy (non-hydrogen) atoms. The molecule has 1 aromatic carbocycles. The summed E-state index contributed by atoms with van der Waals surface area (Å²) >= 11 is 1.54. The third kappa shape index (κ3) is 2.51. The largest absolute Gasteiger partial charge is 0.378 e. The summed E-state index contributed by atoms with van der Waals surface area (Å²) in [7, 11) is 0.